The van der Waals surface area contributed by atoms with Gasteiger partial charge in [-0.1, -0.05) is 31.4 Å². The van der Waals surface area contributed by atoms with Crippen molar-refractivity contribution in [3.63, 3.8) is 0 Å². The van der Waals surface area contributed by atoms with E-state index in [1.54, 1.807) is 7.11 Å². The second-order valence-corrected chi connectivity index (χ2v) is 6.05. The van der Waals surface area contributed by atoms with Gasteiger partial charge < -0.3 is 15.8 Å². The highest BCUT2D eigenvalue weighted by molar-refractivity contribution is 5.85. The summed E-state index contributed by atoms with van der Waals surface area (Å²) in [5, 5.41) is 3.00. The first-order chi connectivity index (χ1) is 10.1. The van der Waals surface area contributed by atoms with Gasteiger partial charge in [-0.2, -0.15) is 0 Å². The molecule has 0 aliphatic heterocycles. The van der Waals surface area contributed by atoms with Crippen molar-refractivity contribution in [2.45, 2.75) is 50.5 Å². The van der Waals surface area contributed by atoms with Crippen LogP contribution < -0.4 is 15.8 Å². The molecule has 0 atom stereocenters. The van der Waals surface area contributed by atoms with Crippen molar-refractivity contribution in [2.24, 2.45) is 5.73 Å². The van der Waals surface area contributed by atoms with Gasteiger partial charge in [-0.3, -0.25) is 4.79 Å². The molecular weight excluding hydrogens is 300 g/mol. The topological polar surface area (TPSA) is 64.3 Å². The Morgan fingerprint density at radius 1 is 1.23 bits per heavy atom. The molecule has 3 N–H and O–H groups in total. The molecule has 1 amide bonds. The molecule has 1 aromatic carbocycles. The van der Waals surface area contributed by atoms with Gasteiger partial charge in [0.25, 0.3) is 0 Å². The summed E-state index contributed by atoms with van der Waals surface area (Å²) in [4.78, 5) is 11.9. The first-order valence-corrected chi connectivity index (χ1v) is 7.80. The monoisotopic (exact) mass is 326 g/mol. The maximum Gasteiger partial charge on any atom is 0.220 e. The minimum Gasteiger partial charge on any atom is -0.497 e. The Labute approximate surface area is 139 Å². The number of benzene rings is 1. The number of hydrogen-bond acceptors (Lipinski definition) is 3. The van der Waals surface area contributed by atoms with Gasteiger partial charge in [-0.05, 0) is 37.0 Å². The van der Waals surface area contributed by atoms with Gasteiger partial charge in [0.15, 0.2) is 0 Å². The zero-order valence-electron chi connectivity index (χ0n) is 13.3. The SMILES string of the molecule is COc1ccc(CCC(=O)NCC2(N)CCCCC2)cc1.Cl. The Kier molecular flexibility index (Phi) is 7.69. The molecule has 1 aliphatic carbocycles. The van der Waals surface area contributed by atoms with Crippen molar-refractivity contribution < 1.29 is 9.53 Å². The van der Waals surface area contributed by atoms with Crippen LogP contribution in [0.15, 0.2) is 24.3 Å². The highest BCUT2D eigenvalue weighted by atomic mass is 35.5. The van der Waals surface area contributed by atoms with Gasteiger partial charge in [0.1, 0.15) is 5.75 Å². The molecule has 0 unspecified atom stereocenters. The molecule has 124 valence electrons. The summed E-state index contributed by atoms with van der Waals surface area (Å²) >= 11 is 0. The Morgan fingerprint density at radius 2 is 1.86 bits per heavy atom. The van der Waals surface area contributed by atoms with Crippen LogP contribution in [0.2, 0.25) is 0 Å². The number of hydrogen-bond donors (Lipinski definition) is 2. The summed E-state index contributed by atoms with van der Waals surface area (Å²) in [5.74, 6) is 0.923. The summed E-state index contributed by atoms with van der Waals surface area (Å²) in [6, 6.07) is 7.84. The predicted molar refractivity (Wildman–Crippen MR) is 91.6 cm³/mol. The summed E-state index contributed by atoms with van der Waals surface area (Å²) in [6.45, 7) is 0.606. The Balaban J connectivity index is 0.00000242. The smallest absolute Gasteiger partial charge is 0.220 e. The van der Waals surface area contributed by atoms with E-state index in [4.69, 9.17) is 10.5 Å². The Morgan fingerprint density at radius 3 is 2.45 bits per heavy atom. The summed E-state index contributed by atoms with van der Waals surface area (Å²) < 4.78 is 5.12. The zero-order chi connectivity index (χ0) is 15.1. The highest BCUT2D eigenvalue weighted by Crippen LogP contribution is 2.25. The first kappa shape index (κ1) is 18.8. The van der Waals surface area contributed by atoms with E-state index in [1.807, 2.05) is 24.3 Å². The fraction of sp³-hybridized carbons (Fsp3) is 0.588. The van der Waals surface area contributed by atoms with Crippen LogP contribution in [0.5, 0.6) is 5.75 Å². The van der Waals surface area contributed by atoms with Crippen LogP contribution in [0, 0.1) is 0 Å². The zero-order valence-corrected chi connectivity index (χ0v) is 14.1. The van der Waals surface area contributed by atoms with Gasteiger partial charge in [-0.15, -0.1) is 12.4 Å². The molecule has 0 heterocycles. The lowest BCUT2D eigenvalue weighted by Gasteiger charge is -2.33. The van der Waals surface area contributed by atoms with Crippen LogP contribution in [0.4, 0.5) is 0 Å². The number of aryl methyl sites for hydroxylation is 1. The van der Waals surface area contributed by atoms with Crippen molar-refractivity contribution in [1.82, 2.24) is 5.32 Å². The molecule has 0 saturated heterocycles. The number of amides is 1. The van der Waals surface area contributed by atoms with Gasteiger partial charge in [-0.25, -0.2) is 0 Å². The summed E-state index contributed by atoms with van der Waals surface area (Å²) in [5.41, 5.74) is 7.28. The van der Waals surface area contributed by atoms with Gasteiger partial charge in [0.2, 0.25) is 5.91 Å². The van der Waals surface area contributed by atoms with E-state index in [0.29, 0.717) is 13.0 Å². The standard InChI is InChI=1S/C17H26N2O2.ClH/c1-21-15-8-5-14(6-9-15)7-10-16(20)19-13-17(18)11-3-2-4-12-17;/h5-6,8-9H,2-4,7,10-13,18H2,1H3,(H,19,20);1H. The van der Waals surface area contributed by atoms with E-state index < -0.39 is 0 Å². The van der Waals surface area contributed by atoms with E-state index in [0.717, 1.165) is 30.6 Å². The number of ether oxygens (including phenoxy) is 1. The Bertz CT molecular complexity index is 456. The molecule has 0 bridgehead atoms. The summed E-state index contributed by atoms with van der Waals surface area (Å²) in [6.07, 6.45) is 6.91. The maximum atomic E-state index is 11.9. The molecule has 1 aromatic rings. The van der Waals surface area contributed by atoms with E-state index >= 15 is 0 Å². The van der Waals surface area contributed by atoms with Gasteiger partial charge in [0, 0.05) is 18.5 Å². The van der Waals surface area contributed by atoms with Crippen molar-refractivity contribution >= 4 is 18.3 Å². The van der Waals surface area contributed by atoms with Gasteiger partial charge in [0.05, 0.1) is 7.11 Å². The van der Waals surface area contributed by atoms with Crippen LogP contribution in [0.3, 0.4) is 0 Å². The lowest BCUT2D eigenvalue weighted by molar-refractivity contribution is -0.121. The van der Waals surface area contributed by atoms with E-state index in [1.165, 1.54) is 19.3 Å². The van der Waals surface area contributed by atoms with Crippen LogP contribution >= 0.6 is 12.4 Å². The molecule has 1 saturated carbocycles. The number of rotatable bonds is 6. The number of methoxy groups -OCH3 is 1. The van der Waals surface area contributed by atoms with Crippen LogP contribution in [-0.4, -0.2) is 25.1 Å². The number of halogens is 1. The quantitative estimate of drug-likeness (QED) is 0.845. The number of carbonyl (C=O) groups excluding carboxylic acids is 1. The number of nitrogens with two attached hydrogens (primary N) is 1. The lowest BCUT2D eigenvalue weighted by Crippen LogP contribution is -2.51. The van der Waals surface area contributed by atoms with Crippen molar-refractivity contribution in [3.05, 3.63) is 29.8 Å². The third-order valence-electron chi connectivity index (χ3n) is 4.29. The molecule has 1 fully saturated rings. The molecule has 1 aliphatic rings. The normalized spacial score (nSPS) is 16.5. The third kappa shape index (κ3) is 5.85. The van der Waals surface area contributed by atoms with Crippen LogP contribution in [0.25, 0.3) is 0 Å². The molecule has 0 aromatic heterocycles. The minimum atomic E-state index is -0.186. The predicted octanol–water partition coefficient (Wildman–Crippen LogP) is 2.83. The lowest BCUT2D eigenvalue weighted by atomic mass is 9.82. The third-order valence-corrected chi connectivity index (χ3v) is 4.29. The molecular formula is C17H27ClN2O2. The average Bonchev–Trinajstić information content (AvgIpc) is 2.52. The molecule has 22 heavy (non-hydrogen) atoms. The fourth-order valence-electron chi connectivity index (χ4n) is 2.85. The maximum absolute atomic E-state index is 11.9. The number of carbonyl (C=O) groups is 1. The second kappa shape index (κ2) is 9.01. The molecule has 5 heteroatoms. The Hall–Kier alpha value is -1.26. The first-order valence-electron chi connectivity index (χ1n) is 7.80. The van der Waals surface area contributed by atoms with E-state index in [-0.39, 0.29) is 23.9 Å². The highest BCUT2D eigenvalue weighted by Gasteiger charge is 2.27. The molecule has 2 rings (SSSR count). The van der Waals surface area contributed by atoms with E-state index in [2.05, 4.69) is 5.32 Å². The summed E-state index contributed by atoms with van der Waals surface area (Å²) in [7, 11) is 1.65. The average molecular weight is 327 g/mol. The minimum absolute atomic E-state index is 0. The van der Waals surface area contributed by atoms with Gasteiger partial charge >= 0.3 is 0 Å². The molecule has 0 spiro atoms. The van der Waals surface area contributed by atoms with Crippen LogP contribution in [-0.2, 0) is 11.2 Å². The second-order valence-electron chi connectivity index (χ2n) is 6.05. The fourth-order valence-corrected chi connectivity index (χ4v) is 2.85. The largest absolute Gasteiger partial charge is 0.497 e. The van der Waals surface area contributed by atoms with Crippen molar-refractivity contribution in [1.29, 1.82) is 0 Å². The number of nitrogens with one attached hydrogen (secondary N) is 1. The molecule has 0 radical (unpaired) electrons. The molecule has 4 nitrogen and oxygen atoms in total. The van der Waals surface area contributed by atoms with Crippen LogP contribution in [0.1, 0.15) is 44.1 Å². The van der Waals surface area contributed by atoms with E-state index in [9.17, 15) is 4.79 Å². The van der Waals surface area contributed by atoms with Crippen molar-refractivity contribution in [2.75, 3.05) is 13.7 Å². The van der Waals surface area contributed by atoms with Crippen molar-refractivity contribution in [3.8, 4) is 5.75 Å².